The highest BCUT2D eigenvalue weighted by Crippen LogP contribution is 2.27. The van der Waals surface area contributed by atoms with Crippen LogP contribution in [0.2, 0.25) is 0 Å². The molecule has 0 N–H and O–H groups in total. The summed E-state index contributed by atoms with van der Waals surface area (Å²) in [5.74, 6) is -0.301. The monoisotopic (exact) mass is 241 g/mol. The molecule has 0 aliphatic heterocycles. The van der Waals surface area contributed by atoms with Crippen molar-refractivity contribution in [1.82, 2.24) is 14.5 Å². The SMILES string of the molecule is O=c1ccccn1-c1nccc(C(F)(F)F)n1. The van der Waals surface area contributed by atoms with E-state index in [2.05, 4.69) is 9.97 Å². The number of hydrogen-bond acceptors (Lipinski definition) is 3. The third kappa shape index (κ3) is 2.32. The van der Waals surface area contributed by atoms with Crippen molar-refractivity contribution in [2.45, 2.75) is 6.18 Å². The van der Waals surface area contributed by atoms with Gasteiger partial charge in [-0.3, -0.25) is 9.36 Å². The minimum absolute atomic E-state index is 0.301. The Bertz CT molecular complexity index is 592. The van der Waals surface area contributed by atoms with Crippen LogP contribution in [0.1, 0.15) is 5.69 Å². The van der Waals surface area contributed by atoms with Crippen LogP contribution in [0, 0.1) is 0 Å². The van der Waals surface area contributed by atoms with Crippen molar-refractivity contribution in [2.24, 2.45) is 0 Å². The molecule has 2 aromatic rings. The lowest BCUT2D eigenvalue weighted by atomic mass is 10.4. The van der Waals surface area contributed by atoms with E-state index in [1.807, 2.05) is 0 Å². The molecular formula is C10H6F3N3O. The number of pyridine rings is 1. The predicted molar refractivity (Wildman–Crippen MR) is 52.6 cm³/mol. The van der Waals surface area contributed by atoms with Crippen LogP contribution in [-0.4, -0.2) is 14.5 Å². The molecule has 0 aliphatic rings. The zero-order valence-electron chi connectivity index (χ0n) is 8.35. The van der Waals surface area contributed by atoms with Crippen molar-refractivity contribution in [3.05, 3.63) is 52.7 Å². The van der Waals surface area contributed by atoms with Gasteiger partial charge in [-0.15, -0.1) is 0 Å². The minimum atomic E-state index is -4.56. The van der Waals surface area contributed by atoms with E-state index in [0.29, 0.717) is 0 Å². The van der Waals surface area contributed by atoms with Crippen molar-refractivity contribution in [2.75, 3.05) is 0 Å². The molecule has 7 heteroatoms. The molecule has 0 atom stereocenters. The Morgan fingerprint density at radius 1 is 1.18 bits per heavy atom. The van der Waals surface area contributed by atoms with Crippen LogP contribution in [0.3, 0.4) is 0 Å². The highest BCUT2D eigenvalue weighted by molar-refractivity contribution is 5.17. The second kappa shape index (κ2) is 4.00. The largest absolute Gasteiger partial charge is 0.433 e. The Hall–Kier alpha value is -2.18. The third-order valence-electron chi connectivity index (χ3n) is 1.97. The van der Waals surface area contributed by atoms with Gasteiger partial charge in [-0.25, -0.2) is 9.97 Å². The molecule has 0 saturated carbocycles. The number of nitrogens with zero attached hydrogens (tertiary/aromatic N) is 3. The number of rotatable bonds is 1. The molecule has 2 aromatic heterocycles. The van der Waals surface area contributed by atoms with Crippen molar-refractivity contribution in [3.63, 3.8) is 0 Å². The molecule has 0 unspecified atom stereocenters. The molecule has 0 bridgehead atoms. The minimum Gasteiger partial charge on any atom is -0.269 e. The molecule has 0 aromatic carbocycles. The molecule has 2 heterocycles. The predicted octanol–water partition coefficient (Wildman–Crippen LogP) is 1.65. The lowest BCUT2D eigenvalue weighted by Gasteiger charge is -2.07. The quantitative estimate of drug-likeness (QED) is 0.762. The van der Waals surface area contributed by atoms with Gasteiger partial charge in [-0.05, 0) is 12.1 Å². The van der Waals surface area contributed by atoms with Crippen LogP contribution in [0.25, 0.3) is 5.95 Å². The van der Waals surface area contributed by atoms with E-state index in [4.69, 9.17) is 0 Å². The van der Waals surface area contributed by atoms with Crippen LogP contribution in [0.15, 0.2) is 41.5 Å². The average molecular weight is 241 g/mol. The first-order valence-electron chi connectivity index (χ1n) is 4.57. The van der Waals surface area contributed by atoms with E-state index in [0.717, 1.165) is 16.8 Å². The Morgan fingerprint density at radius 2 is 1.94 bits per heavy atom. The average Bonchev–Trinajstić information content (AvgIpc) is 2.29. The Morgan fingerprint density at radius 3 is 2.59 bits per heavy atom. The van der Waals surface area contributed by atoms with Gasteiger partial charge in [0.2, 0.25) is 5.95 Å². The summed E-state index contributed by atoms with van der Waals surface area (Å²) in [5, 5.41) is 0. The number of hydrogen-bond donors (Lipinski definition) is 0. The summed E-state index contributed by atoms with van der Waals surface area (Å²) in [6.45, 7) is 0. The molecule has 2 rings (SSSR count). The van der Waals surface area contributed by atoms with Gasteiger partial charge < -0.3 is 0 Å². The van der Waals surface area contributed by atoms with E-state index in [1.54, 1.807) is 0 Å². The first-order valence-corrected chi connectivity index (χ1v) is 4.57. The fraction of sp³-hybridized carbons (Fsp3) is 0.100. The lowest BCUT2D eigenvalue weighted by Crippen LogP contribution is -2.20. The van der Waals surface area contributed by atoms with Gasteiger partial charge in [0, 0.05) is 18.5 Å². The number of aromatic nitrogens is 3. The fourth-order valence-electron chi connectivity index (χ4n) is 1.21. The maximum atomic E-state index is 12.4. The van der Waals surface area contributed by atoms with E-state index in [1.165, 1.54) is 24.4 Å². The van der Waals surface area contributed by atoms with Gasteiger partial charge in [-0.1, -0.05) is 6.07 Å². The Labute approximate surface area is 93.4 Å². The summed E-state index contributed by atoms with van der Waals surface area (Å²) >= 11 is 0. The van der Waals surface area contributed by atoms with Gasteiger partial charge in [0.25, 0.3) is 5.56 Å². The normalized spacial score (nSPS) is 11.5. The summed E-state index contributed by atoms with van der Waals surface area (Å²) < 4.78 is 38.2. The van der Waals surface area contributed by atoms with Crippen molar-refractivity contribution < 1.29 is 13.2 Å². The first-order chi connectivity index (χ1) is 7.98. The van der Waals surface area contributed by atoms with Crippen LogP contribution < -0.4 is 5.56 Å². The van der Waals surface area contributed by atoms with Gasteiger partial charge in [0.15, 0.2) is 0 Å². The molecule has 17 heavy (non-hydrogen) atoms. The van der Waals surface area contributed by atoms with Crippen molar-refractivity contribution in [1.29, 1.82) is 0 Å². The highest BCUT2D eigenvalue weighted by Gasteiger charge is 2.32. The van der Waals surface area contributed by atoms with Gasteiger partial charge in [0.05, 0.1) is 0 Å². The van der Waals surface area contributed by atoms with E-state index in [9.17, 15) is 18.0 Å². The smallest absolute Gasteiger partial charge is 0.269 e. The number of alkyl halides is 3. The Balaban J connectivity index is 2.55. The fourth-order valence-corrected chi connectivity index (χ4v) is 1.21. The molecular weight excluding hydrogens is 235 g/mol. The first kappa shape index (κ1) is 11.3. The van der Waals surface area contributed by atoms with E-state index in [-0.39, 0.29) is 5.95 Å². The van der Waals surface area contributed by atoms with Crippen molar-refractivity contribution >= 4 is 0 Å². The molecule has 0 radical (unpaired) electrons. The molecule has 0 amide bonds. The number of halogens is 3. The van der Waals surface area contributed by atoms with Gasteiger partial charge in [0.1, 0.15) is 5.69 Å². The summed E-state index contributed by atoms with van der Waals surface area (Å²) in [5.41, 5.74) is -1.58. The van der Waals surface area contributed by atoms with Crippen LogP contribution in [-0.2, 0) is 6.18 Å². The molecule has 0 aliphatic carbocycles. The zero-order valence-corrected chi connectivity index (χ0v) is 8.35. The second-order valence-corrected chi connectivity index (χ2v) is 3.15. The topological polar surface area (TPSA) is 47.8 Å². The van der Waals surface area contributed by atoms with E-state index < -0.39 is 17.4 Å². The maximum absolute atomic E-state index is 12.4. The molecule has 0 fully saturated rings. The van der Waals surface area contributed by atoms with E-state index >= 15 is 0 Å². The standard InChI is InChI=1S/C10H6F3N3O/c11-10(12,13)7-4-5-14-9(15-7)16-6-2-1-3-8(16)17/h1-6H. The van der Waals surface area contributed by atoms with Crippen LogP contribution >= 0.6 is 0 Å². The van der Waals surface area contributed by atoms with Crippen molar-refractivity contribution in [3.8, 4) is 5.95 Å². The molecule has 0 saturated heterocycles. The summed E-state index contributed by atoms with van der Waals surface area (Å²) in [6, 6.07) is 4.94. The van der Waals surface area contributed by atoms with Crippen LogP contribution in [0.4, 0.5) is 13.2 Å². The summed E-state index contributed by atoms with van der Waals surface area (Å²) in [7, 11) is 0. The molecule has 88 valence electrons. The lowest BCUT2D eigenvalue weighted by molar-refractivity contribution is -0.141. The van der Waals surface area contributed by atoms with Gasteiger partial charge in [-0.2, -0.15) is 13.2 Å². The molecule has 4 nitrogen and oxygen atoms in total. The Kier molecular flexibility index (Phi) is 2.66. The zero-order chi connectivity index (χ0) is 12.5. The summed E-state index contributed by atoms with van der Waals surface area (Å²) in [4.78, 5) is 18.3. The third-order valence-corrected chi connectivity index (χ3v) is 1.97. The summed E-state index contributed by atoms with van der Waals surface area (Å²) in [6.07, 6.45) is -2.29. The second-order valence-electron chi connectivity index (χ2n) is 3.15. The van der Waals surface area contributed by atoms with Gasteiger partial charge >= 0.3 is 6.18 Å². The molecule has 0 spiro atoms. The van der Waals surface area contributed by atoms with Crippen LogP contribution in [0.5, 0.6) is 0 Å². The maximum Gasteiger partial charge on any atom is 0.433 e. The highest BCUT2D eigenvalue weighted by atomic mass is 19.4.